The van der Waals surface area contributed by atoms with Crippen LogP contribution in [0.4, 0.5) is 0 Å². The molecule has 1 aliphatic heterocycles. The summed E-state index contributed by atoms with van der Waals surface area (Å²) in [4.78, 5) is 2.63. The van der Waals surface area contributed by atoms with Gasteiger partial charge in [0.05, 0.1) is 0 Å². The molecule has 0 aromatic heterocycles. The zero-order valence-corrected chi connectivity index (χ0v) is 13.4. The number of nitrogens with zero attached hydrogens (tertiary/aromatic N) is 1. The van der Waals surface area contributed by atoms with Crippen molar-refractivity contribution in [1.29, 1.82) is 0 Å². The van der Waals surface area contributed by atoms with Crippen LogP contribution in [0.2, 0.25) is 0 Å². The van der Waals surface area contributed by atoms with Crippen molar-refractivity contribution in [3.8, 4) is 0 Å². The van der Waals surface area contributed by atoms with Gasteiger partial charge < -0.3 is 5.32 Å². The standard InChI is InChI=1S/C18H30N2/c1-15(2)13-19-11-10-17-8-4-5-9-18(17)14-20-12-6-7-16(20)3/h4-5,8-9,15-16,19H,6-7,10-14H2,1-3H3. The van der Waals surface area contributed by atoms with Gasteiger partial charge >= 0.3 is 0 Å². The van der Waals surface area contributed by atoms with Crippen molar-refractivity contribution < 1.29 is 0 Å². The van der Waals surface area contributed by atoms with Crippen molar-refractivity contribution in [2.45, 2.75) is 52.6 Å². The maximum absolute atomic E-state index is 3.55. The normalized spacial score (nSPS) is 19.9. The quantitative estimate of drug-likeness (QED) is 0.766. The number of rotatable bonds is 7. The highest BCUT2D eigenvalue weighted by Gasteiger charge is 2.20. The Labute approximate surface area is 124 Å². The average Bonchev–Trinajstić information content (AvgIpc) is 2.82. The van der Waals surface area contributed by atoms with Gasteiger partial charge in [0.15, 0.2) is 0 Å². The molecule has 1 unspecified atom stereocenters. The third-order valence-corrected chi connectivity index (χ3v) is 4.31. The molecular weight excluding hydrogens is 244 g/mol. The van der Waals surface area contributed by atoms with Crippen molar-refractivity contribution in [1.82, 2.24) is 10.2 Å². The predicted molar refractivity (Wildman–Crippen MR) is 87.0 cm³/mol. The Morgan fingerprint density at radius 3 is 2.65 bits per heavy atom. The Balaban J connectivity index is 1.88. The Bertz CT molecular complexity index is 400. The molecule has 20 heavy (non-hydrogen) atoms. The molecule has 0 spiro atoms. The zero-order valence-electron chi connectivity index (χ0n) is 13.4. The van der Waals surface area contributed by atoms with Crippen LogP contribution in [0.3, 0.4) is 0 Å². The molecule has 1 aliphatic rings. The first-order chi connectivity index (χ1) is 9.66. The molecular formula is C18H30N2. The van der Waals surface area contributed by atoms with Gasteiger partial charge in [0.2, 0.25) is 0 Å². The van der Waals surface area contributed by atoms with E-state index in [1.54, 1.807) is 0 Å². The Morgan fingerprint density at radius 1 is 1.25 bits per heavy atom. The van der Waals surface area contributed by atoms with Gasteiger partial charge in [-0.1, -0.05) is 38.1 Å². The van der Waals surface area contributed by atoms with Gasteiger partial charge in [-0.25, -0.2) is 0 Å². The van der Waals surface area contributed by atoms with E-state index in [0.717, 1.165) is 38.0 Å². The molecule has 1 saturated heterocycles. The molecule has 2 rings (SSSR count). The predicted octanol–water partition coefficient (Wildman–Crippen LogP) is 3.46. The summed E-state index contributed by atoms with van der Waals surface area (Å²) in [5.74, 6) is 0.732. The van der Waals surface area contributed by atoms with E-state index in [-0.39, 0.29) is 0 Å². The minimum atomic E-state index is 0.732. The number of hydrogen-bond acceptors (Lipinski definition) is 2. The van der Waals surface area contributed by atoms with E-state index in [1.807, 2.05) is 0 Å². The van der Waals surface area contributed by atoms with E-state index >= 15 is 0 Å². The lowest BCUT2D eigenvalue weighted by molar-refractivity contribution is 0.259. The molecule has 1 heterocycles. The smallest absolute Gasteiger partial charge is 0.0239 e. The van der Waals surface area contributed by atoms with Crippen LogP contribution in [0, 0.1) is 5.92 Å². The molecule has 1 aromatic carbocycles. The lowest BCUT2D eigenvalue weighted by Crippen LogP contribution is -2.27. The summed E-state index contributed by atoms with van der Waals surface area (Å²) in [5, 5.41) is 3.55. The number of nitrogens with one attached hydrogen (secondary N) is 1. The van der Waals surface area contributed by atoms with Crippen molar-refractivity contribution in [3.63, 3.8) is 0 Å². The summed E-state index contributed by atoms with van der Waals surface area (Å²) in [6, 6.07) is 9.72. The number of likely N-dealkylation sites (tertiary alicyclic amines) is 1. The van der Waals surface area contributed by atoms with E-state index in [9.17, 15) is 0 Å². The highest BCUT2D eigenvalue weighted by atomic mass is 15.2. The van der Waals surface area contributed by atoms with E-state index in [4.69, 9.17) is 0 Å². The Kier molecular flexibility index (Phi) is 6.06. The van der Waals surface area contributed by atoms with Gasteiger partial charge in [-0.2, -0.15) is 0 Å². The first-order valence-electron chi connectivity index (χ1n) is 8.18. The van der Waals surface area contributed by atoms with Gasteiger partial charge in [0.1, 0.15) is 0 Å². The van der Waals surface area contributed by atoms with E-state index < -0.39 is 0 Å². The van der Waals surface area contributed by atoms with Crippen LogP contribution in [0.15, 0.2) is 24.3 Å². The molecule has 2 heteroatoms. The second kappa shape index (κ2) is 7.80. The lowest BCUT2D eigenvalue weighted by atomic mass is 10.0. The maximum Gasteiger partial charge on any atom is 0.0239 e. The van der Waals surface area contributed by atoms with Gasteiger partial charge in [-0.05, 0) is 62.9 Å². The molecule has 112 valence electrons. The Hall–Kier alpha value is -0.860. The molecule has 0 aliphatic carbocycles. The number of hydrogen-bond donors (Lipinski definition) is 1. The third-order valence-electron chi connectivity index (χ3n) is 4.31. The van der Waals surface area contributed by atoms with Crippen molar-refractivity contribution >= 4 is 0 Å². The monoisotopic (exact) mass is 274 g/mol. The summed E-state index contributed by atoms with van der Waals surface area (Å²) >= 11 is 0. The van der Waals surface area contributed by atoms with Crippen molar-refractivity contribution in [2.24, 2.45) is 5.92 Å². The van der Waals surface area contributed by atoms with E-state index in [0.29, 0.717) is 0 Å². The molecule has 0 saturated carbocycles. The largest absolute Gasteiger partial charge is 0.316 e. The number of benzene rings is 1. The van der Waals surface area contributed by atoms with Crippen molar-refractivity contribution in [2.75, 3.05) is 19.6 Å². The first-order valence-corrected chi connectivity index (χ1v) is 8.18. The van der Waals surface area contributed by atoms with Gasteiger partial charge in [0, 0.05) is 12.6 Å². The minimum Gasteiger partial charge on any atom is -0.316 e. The average molecular weight is 274 g/mol. The van der Waals surface area contributed by atoms with Crippen LogP contribution < -0.4 is 5.32 Å². The molecule has 1 N–H and O–H groups in total. The first kappa shape index (κ1) is 15.5. The van der Waals surface area contributed by atoms with Crippen LogP contribution in [-0.4, -0.2) is 30.6 Å². The molecule has 0 radical (unpaired) electrons. The van der Waals surface area contributed by atoms with E-state index in [2.05, 4.69) is 55.3 Å². The highest BCUT2D eigenvalue weighted by Crippen LogP contribution is 2.21. The van der Waals surface area contributed by atoms with Crippen LogP contribution >= 0.6 is 0 Å². The maximum atomic E-state index is 3.55. The van der Waals surface area contributed by atoms with Crippen LogP contribution in [0.5, 0.6) is 0 Å². The van der Waals surface area contributed by atoms with Crippen molar-refractivity contribution in [3.05, 3.63) is 35.4 Å². The molecule has 1 fully saturated rings. The topological polar surface area (TPSA) is 15.3 Å². The minimum absolute atomic E-state index is 0.732. The molecule has 0 bridgehead atoms. The SMILES string of the molecule is CC(C)CNCCc1ccccc1CN1CCCC1C. The van der Waals surface area contributed by atoms with Gasteiger partial charge in [0.25, 0.3) is 0 Å². The summed E-state index contributed by atoms with van der Waals surface area (Å²) in [6.45, 7) is 11.5. The summed E-state index contributed by atoms with van der Waals surface area (Å²) < 4.78 is 0. The van der Waals surface area contributed by atoms with Crippen LogP contribution in [-0.2, 0) is 13.0 Å². The van der Waals surface area contributed by atoms with Crippen LogP contribution in [0.1, 0.15) is 44.7 Å². The Morgan fingerprint density at radius 2 is 2.00 bits per heavy atom. The molecule has 0 amide bonds. The fourth-order valence-electron chi connectivity index (χ4n) is 3.02. The van der Waals surface area contributed by atoms with E-state index in [1.165, 1.54) is 30.5 Å². The lowest BCUT2D eigenvalue weighted by Gasteiger charge is -2.22. The highest BCUT2D eigenvalue weighted by molar-refractivity contribution is 5.27. The summed E-state index contributed by atoms with van der Waals surface area (Å²) in [7, 11) is 0. The third kappa shape index (κ3) is 4.60. The summed E-state index contributed by atoms with van der Waals surface area (Å²) in [5.41, 5.74) is 3.04. The zero-order chi connectivity index (χ0) is 14.4. The van der Waals surface area contributed by atoms with Crippen LogP contribution in [0.25, 0.3) is 0 Å². The van der Waals surface area contributed by atoms with Gasteiger partial charge in [-0.3, -0.25) is 4.90 Å². The second-order valence-corrected chi connectivity index (χ2v) is 6.58. The molecule has 2 nitrogen and oxygen atoms in total. The fraction of sp³-hybridized carbons (Fsp3) is 0.667. The fourth-order valence-corrected chi connectivity index (χ4v) is 3.02. The molecule has 1 atom stereocenters. The van der Waals surface area contributed by atoms with Gasteiger partial charge in [-0.15, -0.1) is 0 Å². The summed E-state index contributed by atoms with van der Waals surface area (Å²) in [6.07, 6.45) is 3.86. The molecule has 1 aromatic rings. The second-order valence-electron chi connectivity index (χ2n) is 6.58.